The van der Waals surface area contributed by atoms with Crippen LogP contribution in [0.25, 0.3) is 11.1 Å². The predicted octanol–water partition coefficient (Wildman–Crippen LogP) is 5.24. The quantitative estimate of drug-likeness (QED) is 0.342. The number of hydrogen-bond donors (Lipinski definition) is 2. The molecule has 0 bridgehead atoms. The molecule has 3 aromatic rings. The molecule has 30 heavy (non-hydrogen) atoms. The normalized spacial score (nSPS) is 12.2. The minimum absolute atomic E-state index is 0.0754. The zero-order valence-electron chi connectivity index (χ0n) is 16.6. The summed E-state index contributed by atoms with van der Waals surface area (Å²) in [6.45, 7) is 3.24. The Labute approximate surface area is 184 Å². The Balaban J connectivity index is 1.78. The lowest BCUT2D eigenvalue weighted by Gasteiger charge is -2.19. The maximum Gasteiger partial charge on any atom is 0.166 e. The van der Waals surface area contributed by atoms with Crippen LogP contribution >= 0.6 is 23.2 Å². The fourth-order valence-electron chi connectivity index (χ4n) is 3.10. The van der Waals surface area contributed by atoms with E-state index in [0.717, 1.165) is 36.9 Å². The topological polar surface area (TPSA) is 92.0 Å². The van der Waals surface area contributed by atoms with Gasteiger partial charge in [0.1, 0.15) is 11.9 Å². The van der Waals surface area contributed by atoms with Crippen molar-refractivity contribution >= 4 is 29.0 Å². The minimum atomic E-state index is -0.634. The average Bonchev–Trinajstić information content (AvgIpc) is 3.19. The number of ether oxygens (including phenoxy) is 1. The van der Waals surface area contributed by atoms with Gasteiger partial charge in [-0.3, -0.25) is 4.68 Å². The Morgan fingerprint density at radius 1 is 1.17 bits per heavy atom. The molecule has 0 radical (unpaired) electrons. The molecule has 0 amide bonds. The van der Waals surface area contributed by atoms with E-state index < -0.39 is 11.9 Å². The molecule has 1 aromatic carbocycles. The van der Waals surface area contributed by atoms with Gasteiger partial charge in [-0.25, -0.2) is 9.37 Å². The van der Waals surface area contributed by atoms with Gasteiger partial charge in [0.25, 0.3) is 0 Å². The first-order chi connectivity index (χ1) is 14.4. The second-order valence-electron chi connectivity index (χ2n) is 6.97. The van der Waals surface area contributed by atoms with Gasteiger partial charge in [-0.1, -0.05) is 29.6 Å². The number of nitrogen functional groups attached to an aromatic ring is 1. The standard InChI is InChI=1S/C21H24Cl2FN5O/c1-13(19-16(22)5-6-17(24)20(19)23)30-18-9-14(10-27-21(18)26)15-11-28-29(12-15)8-4-2-3-7-25/h5-6,9-13H,2-4,7-8,25H2,1H3,(H2,26,27)/t13-/m1/s1. The molecule has 0 aliphatic heterocycles. The van der Waals surface area contributed by atoms with E-state index in [0.29, 0.717) is 22.9 Å². The molecule has 0 saturated carbocycles. The van der Waals surface area contributed by atoms with Gasteiger partial charge in [0.2, 0.25) is 0 Å². The maximum absolute atomic E-state index is 13.9. The zero-order valence-corrected chi connectivity index (χ0v) is 18.1. The monoisotopic (exact) mass is 451 g/mol. The van der Waals surface area contributed by atoms with Crippen molar-refractivity contribution in [3.8, 4) is 16.9 Å². The third-order valence-electron chi connectivity index (χ3n) is 4.73. The molecule has 0 saturated heterocycles. The van der Waals surface area contributed by atoms with E-state index in [1.54, 1.807) is 25.4 Å². The van der Waals surface area contributed by atoms with Crippen molar-refractivity contribution in [2.45, 2.75) is 38.8 Å². The molecule has 160 valence electrons. The Morgan fingerprint density at radius 2 is 1.97 bits per heavy atom. The van der Waals surface area contributed by atoms with Gasteiger partial charge in [0, 0.05) is 40.7 Å². The van der Waals surface area contributed by atoms with Gasteiger partial charge in [-0.05, 0) is 44.5 Å². The summed E-state index contributed by atoms with van der Waals surface area (Å²) in [5.74, 6) is 0.000700. The van der Waals surface area contributed by atoms with Gasteiger partial charge in [0.05, 0.1) is 11.2 Å². The Morgan fingerprint density at radius 3 is 2.73 bits per heavy atom. The van der Waals surface area contributed by atoms with E-state index in [2.05, 4.69) is 10.1 Å². The lowest BCUT2D eigenvalue weighted by Crippen LogP contribution is -2.08. The molecule has 1 atom stereocenters. The molecular formula is C21H24Cl2FN5O. The summed E-state index contributed by atoms with van der Waals surface area (Å²) in [7, 11) is 0. The fourth-order valence-corrected chi connectivity index (χ4v) is 3.78. The number of nitrogens with two attached hydrogens (primary N) is 2. The molecule has 3 rings (SSSR count). The number of halogens is 3. The average molecular weight is 452 g/mol. The number of aromatic nitrogens is 3. The second-order valence-corrected chi connectivity index (χ2v) is 7.75. The number of pyridine rings is 1. The zero-order chi connectivity index (χ0) is 21.7. The highest BCUT2D eigenvalue weighted by molar-refractivity contribution is 6.36. The van der Waals surface area contributed by atoms with E-state index >= 15 is 0 Å². The lowest BCUT2D eigenvalue weighted by molar-refractivity contribution is 0.227. The van der Waals surface area contributed by atoms with Crippen LogP contribution < -0.4 is 16.2 Å². The number of rotatable bonds is 9. The van der Waals surface area contributed by atoms with Crippen LogP contribution in [-0.2, 0) is 6.54 Å². The van der Waals surface area contributed by atoms with Crippen molar-refractivity contribution in [1.29, 1.82) is 0 Å². The first-order valence-corrected chi connectivity index (χ1v) is 10.4. The molecule has 0 aliphatic carbocycles. The van der Waals surface area contributed by atoms with Crippen LogP contribution in [0.3, 0.4) is 0 Å². The van der Waals surface area contributed by atoms with Gasteiger partial charge < -0.3 is 16.2 Å². The van der Waals surface area contributed by atoms with Crippen LogP contribution in [0.5, 0.6) is 5.75 Å². The van der Waals surface area contributed by atoms with Crippen LogP contribution in [0.2, 0.25) is 10.0 Å². The molecule has 0 unspecified atom stereocenters. The molecule has 0 fully saturated rings. The van der Waals surface area contributed by atoms with E-state index in [-0.39, 0.29) is 10.8 Å². The van der Waals surface area contributed by atoms with E-state index in [9.17, 15) is 4.39 Å². The van der Waals surface area contributed by atoms with Crippen molar-refractivity contribution < 1.29 is 9.13 Å². The largest absolute Gasteiger partial charge is 0.482 e. The number of benzene rings is 1. The van der Waals surface area contributed by atoms with Gasteiger partial charge in [-0.15, -0.1) is 0 Å². The SMILES string of the molecule is C[C@@H](Oc1cc(-c2cnn(CCCCCN)c2)cnc1N)c1c(Cl)ccc(F)c1Cl. The van der Waals surface area contributed by atoms with Crippen molar-refractivity contribution in [3.63, 3.8) is 0 Å². The maximum atomic E-state index is 13.9. The number of nitrogens with zero attached hydrogens (tertiary/aromatic N) is 3. The number of unbranched alkanes of at least 4 members (excludes halogenated alkanes) is 2. The third-order valence-corrected chi connectivity index (χ3v) is 5.44. The summed E-state index contributed by atoms with van der Waals surface area (Å²) in [6.07, 6.45) is 7.83. The number of aryl methyl sites for hydroxylation is 1. The van der Waals surface area contributed by atoms with E-state index in [1.165, 1.54) is 12.1 Å². The van der Waals surface area contributed by atoms with Gasteiger partial charge >= 0.3 is 0 Å². The predicted molar refractivity (Wildman–Crippen MR) is 118 cm³/mol. The van der Waals surface area contributed by atoms with Crippen LogP contribution in [-0.4, -0.2) is 21.3 Å². The Bertz CT molecular complexity index is 1010. The molecule has 2 heterocycles. The smallest absolute Gasteiger partial charge is 0.166 e. The number of anilines is 1. The van der Waals surface area contributed by atoms with Gasteiger partial charge in [0.15, 0.2) is 11.6 Å². The van der Waals surface area contributed by atoms with Crippen molar-refractivity contribution in [1.82, 2.24) is 14.8 Å². The molecule has 2 aromatic heterocycles. The third kappa shape index (κ3) is 5.22. The highest BCUT2D eigenvalue weighted by Gasteiger charge is 2.20. The summed E-state index contributed by atoms with van der Waals surface area (Å²) < 4.78 is 21.7. The van der Waals surface area contributed by atoms with Crippen molar-refractivity contribution in [3.05, 3.63) is 58.2 Å². The lowest BCUT2D eigenvalue weighted by atomic mass is 10.1. The van der Waals surface area contributed by atoms with E-state index in [4.69, 9.17) is 39.4 Å². The fraction of sp³-hybridized carbons (Fsp3) is 0.333. The first kappa shape index (κ1) is 22.3. The summed E-state index contributed by atoms with van der Waals surface area (Å²) in [5, 5.41) is 4.63. The molecule has 0 spiro atoms. The first-order valence-electron chi connectivity index (χ1n) is 9.69. The Hall–Kier alpha value is -2.35. The Kier molecular flexibility index (Phi) is 7.53. The summed E-state index contributed by atoms with van der Waals surface area (Å²) >= 11 is 12.3. The molecule has 9 heteroatoms. The second kappa shape index (κ2) is 10.1. The van der Waals surface area contributed by atoms with Crippen molar-refractivity contribution in [2.24, 2.45) is 5.73 Å². The summed E-state index contributed by atoms with van der Waals surface area (Å²) in [5.41, 5.74) is 13.6. The molecule has 0 aliphatic rings. The highest BCUT2D eigenvalue weighted by Crippen LogP contribution is 2.36. The van der Waals surface area contributed by atoms with Crippen LogP contribution in [0, 0.1) is 5.82 Å². The summed E-state index contributed by atoms with van der Waals surface area (Å²) in [4.78, 5) is 4.22. The summed E-state index contributed by atoms with van der Waals surface area (Å²) in [6, 6.07) is 4.43. The van der Waals surface area contributed by atoms with Crippen molar-refractivity contribution in [2.75, 3.05) is 12.3 Å². The molecular weight excluding hydrogens is 428 g/mol. The van der Waals surface area contributed by atoms with E-state index in [1.807, 2.05) is 10.9 Å². The van der Waals surface area contributed by atoms with Gasteiger partial charge in [-0.2, -0.15) is 5.10 Å². The van der Waals surface area contributed by atoms with Crippen LogP contribution in [0.4, 0.5) is 10.2 Å². The van der Waals surface area contributed by atoms with Crippen LogP contribution in [0.1, 0.15) is 37.9 Å². The molecule has 6 nitrogen and oxygen atoms in total. The molecule has 4 N–H and O–H groups in total. The number of hydrogen-bond acceptors (Lipinski definition) is 5. The van der Waals surface area contributed by atoms with Crippen LogP contribution in [0.15, 0.2) is 36.8 Å². The minimum Gasteiger partial charge on any atom is -0.482 e. The highest BCUT2D eigenvalue weighted by atomic mass is 35.5.